The second-order valence-corrected chi connectivity index (χ2v) is 10.1. The molecule has 0 aliphatic carbocycles. The van der Waals surface area contributed by atoms with Gasteiger partial charge in [0.15, 0.2) is 0 Å². The molecule has 1 N–H and O–H groups in total. The lowest BCUT2D eigenvalue weighted by molar-refractivity contribution is -0.121. The van der Waals surface area contributed by atoms with Crippen molar-refractivity contribution < 1.29 is 13.2 Å². The number of aryl methyl sites for hydroxylation is 2. The number of nitrogens with one attached hydrogen (secondary N) is 1. The van der Waals surface area contributed by atoms with E-state index in [0.717, 1.165) is 22.3 Å². The molecule has 152 valence electrons. The molecular weight excluding hydrogens is 416 g/mol. The van der Waals surface area contributed by atoms with E-state index in [1.54, 1.807) is 30.8 Å². The molecule has 0 heterocycles. The molecule has 0 aliphatic rings. The van der Waals surface area contributed by atoms with E-state index in [4.69, 9.17) is 11.6 Å². The molecule has 0 fully saturated rings. The first-order chi connectivity index (χ1) is 13.1. The van der Waals surface area contributed by atoms with Gasteiger partial charge >= 0.3 is 0 Å². The van der Waals surface area contributed by atoms with Crippen LogP contribution in [0.25, 0.3) is 0 Å². The molecule has 5 nitrogen and oxygen atoms in total. The standard InChI is InChI=1S/C20H25ClN2O3S2/c1-14-5-8-18(13-15(14)2)23(28(4,25)26)16(3)20(24)22-11-12-27-19-9-6-17(21)7-10-19/h5-10,13,16H,11-12H2,1-4H3,(H,22,24)/t16-/m1/s1. The summed E-state index contributed by atoms with van der Waals surface area (Å²) in [5, 5.41) is 3.50. The van der Waals surface area contributed by atoms with Gasteiger partial charge in [0.05, 0.1) is 11.9 Å². The summed E-state index contributed by atoms with van der Waals surface area (Å²) < 4.78 is 25.9. The highest BCUT2D eigenvalue weighted by atomic mass is 35.5. The summed E-state index contributed by atoms with van der Waals surface area (Å²) in [4.78, 5) is 13.6. The average Bonchev–Trinajstić information content (AvgIpc) is 2.62. The number of halogens is 1. The highest BCUT2D eigenvalue weighted by molar-refractivity contribution is 7.99. The van der Waals surface area contributed by atoms with E-state index in [2.05, 4.69) is 5.32 Å². The van der Waals surface area contributed by atoms with Crippen molar-refractivity contribution in [1.29, 1.82) is 0 Å². The van der Waals surface area contributed by atoms with Gasteiger partial charge in [-0.1, -0.05) is 17.7 Å². The molecule has 0 radical (unpaired) electrons. The van der Waals surface area contributed by atoms with Gasteiger partial charge in [0, 0.05) is 22.2 Å². The molecule has 0 aliphatic heterocycles. The number of carbonyl (C=O) groups excluding carboxylic acids is 1. The number of amides is 1. The molecule has 2 aromatic carbocycles. The predicted octanol–water partition coefficient (Wildman–Crippen LogP) is 4.02. The van der Waals surface area contributed by atoms with E-state index < -0.39 is 16.1 Å². The van der Waals surface area contributed by atoms with Crippen LogP contribution in [-0.2, 0) is 14.8 Å². The van der Waals surface area contributed by atoms with Gasteiger partial charge in [-0.3, -0.25) is 9.10 Å². The van der Waals surface area contributed by atoms with E-state index in [-0.39, 0.29) is 5.91 Å². The number of hydrogen-bond acceptors (Lipinski definition) is 4. The van der Waals surface area contributed by atoms with Gasteiger partial charge in [0.25, 0.3) is 0 Å². The molecule has 0 bridgehead atoms. The Kier molecular flexibility index (Phi) is 7.80. The SMILES string of the molecule is Cc1ccc(N([C@H](C)C(=O)NCCSc2ccc(Cl)cc2)S(C)(=O)=O)cc1C. The maximum absolute atomic E-state index is 12.6. The van der Waals surface area contributed by atoms with E-state index in [9.17, 15) is 13.2 Å². The first-order valence-corrected chi connectivity index (χ1v) is 12.0. The highest BCUT2D eigenvalue weighted by Gasteiger charge is 2.29. The zero-order valence-electron chi connectivity index (χ0n) is 16.4. The third-order valence-electron chi connectivity index (χ3n) is 4.32. The van der Waals surface area contributed by atoms with Crippen LogP contribution in [-0.4, -0.2) is 38.9 Å². The normalized spacial score (nSPS) is 12.5. The number of rotatable bonds is 8. The van der Waals surface area contributed by atoms with E-state index >= 15 is 0 Å². The Bertz CT molecular complexity index is 931. The Morgan fingerprint density at radius 2 is 1.79 bits per heavy atom. The molecule has 0 spiro atoms. The van der Waals surface area contributed by atoms with Gasteiger partial charge < -0.3 is 5.32 Å². The number of sulfonamides is 1. The topological polar surface area (TPSA) is 66.5 Å². The molecular formula is C20H25ClN2O3S2. The Labute approximate surface area is 176 Å². The third-order valence-corrected chi connectivity index (χ3v) is 6.82. The lowest BCUT2D eigenvalue weighted by atomic mass is 10.1. The van der Waals surface area contributed by atoms with E-state index in [1.165, 1.54) is 4.31 Å². The predicted molar refractivity (Wildman–Crippen MR) is 118 cm³/mol. The smallest absolute Gasteiger partial charge is 0.243 e. The lowest BCUT2D eigenvalue weighted by Gasteiger charge is -2.28. The molecule has 2 aromatic rings. The summed E-state index contributed by atoms with van der Waals surface area (Å²) in [6.45, 7) is 5.90. The second-order valence-electron chi connectivity index (χ2n) is 6.60. The molecule has 0 unspecified atom stereocenters. The number of thioether (sulfide) groups is 1. The minimum Gasteiger partial charge on any atom is -0.353 e. The van der Waals surface area contributed by atoms with Crippen LogP contribution in [0.1, 0.15) is 18.1 Å². The highest BCUT2D eigenvalue weighted by Crippen LogP contribution is 2.24. The summed E-state index contributed by atoms with van der Waals surface area (Å²) in [6, 6.07) is 12.0. The number of nitrogens with zero attached hydrogens (tertiary/aromatic N) is 1. The first-order valence-electron chi connectivity index (χ1n) is 8.82. The van der Waals surface area contributed by atoms with Crippen molar-refractivity contribution in [1.82, 2.24) is 5.32 Å². The molecule has 8 heteroatoms. The summed E-state index contributed by atoms with van der Waals surface area (Å²) in [6.07, 6.45) is 1.11. The monoisotopic (exact) mass is 440 g/mol. The van der Waals surface area contributed by atoms with Crippen LogP contribution in [0.15, 0.2) is 47.4 Å². The van der Waals surface area contributed by atoms with Crippen LogP contribution in [0.3, 0.4) is 0 Å². The number of carbonyl (C=O) groups is 1. The van der Waals surface area contributed by atoms with Crippen LogP contribution < -0.4 is 9.62 Å². The molecule has 0 aromatic heterocycles. The van der Waals surface area contributed by atoms with Crippen molar-refractivity contribution in [2.45, 2.75) is 31.7 Å². The minimum atomic E-state index is -3.61. The van der Waals surface area contributed by atoms with Crippen molar-refractivity contribution in [3.8, 4) is 0 Å². The van der Waals surface area contributed by atoms with Gasteiger partial charge in [0.1, 0.15) is 6.04 Å². The van der Waals surface area contributed by atoms with Gasteiger partial charge in [-0.15, -0.1) is 11.8 Å². The van der Waals surface area contributed by atoms with E-state index in [0.29, 0.717) is 23.0 Å². The summed E-state index contributed by atoms with van der Waals surface area (Å²) in [7, 11) is -3.61. The van der Waals surface area contributed by atoms with Gasteiger partial charge in [-0.2, -0.15) is 0 Å². The fourth-order valence-corrected chi connectivity index (χ4v) is 4.75. The Morgan fingerprint density at radius 3 is 2.36 bits per heavy atom. The van der Waals surface area contributed by atoms with Crippen molar-refractivity contribution >= 4 is 45.0 Å². The molecule has 28 heavy (non-hydrogen) atoms. The average molecular weight is 441 g/mol. The van der Waals surface area contributed by atoms with Crippen LogP contribution in [0, 0.1) is 13.8 Å². The Morgan fingerprint density at radius 1 is 1.14 bits per heavy atom. The van der Waals surface area contributed by atoms with E-state index in [1.807, 2.05) is 44.2 Å². The molecule has 0 saturated heterocycles. The molecule has 1 amide bonds. The Hall–Kier alpha value is -1.70. The minimum absolute atomic E-state index is 0.333. The van der Waals surface area contributed by atoms with Crippen LogP contribution in [0.2, 0.25) is 5.02 Å². The van der Waals surface area contributed by atoms with Gasteiger partial charge in [-0.05, 0) is 68.3 Å². The van der Waals surface area contributed by atoms with Gasteiger partial charge in [-0.25, -0.2) is 8.42 Å². The molecule has 2 rings (SSSR count). The third kappa shape index (κ3) is 6.15. The number of anilines is 1. The number of benzene rings is 2. The Balaban J connectivity index is 2.01. The summed E-state index contributed by atoms with van der Waals surface area (Å²) >= 11 is 7.46. The lowest BCUT2D eigenvalue weighted by Crippen LogP contribution is -2.48. The first kappa shape index (κ1) is 22.6. The number of hydrogen-bond donors (Lipinski definition) is 1. The van der Waals surface area contributed by atoms with Crippen LogP contribution in [0.4, 0.5) is 5.69 Å². The fraction of sp³-hybridized carbons (Fsp3) is 0.350. The fourth-order valence-electron chi connectivity index (χ4n) is 2.69. The summed E-state index contributed by atoms with van der Waals surface area (Å²) in [5.41, 5.74) is 2.52. The van der Waals surface area contributed by atoms with Gasteiger partial charge in [0.2, 0.25) is 15.9 Å². The molecule has 1 atom stereocenters. The van der Waals surface area contributed by atoms with Crippen LogP contribution >= 0.6 is 23.4 Å². The van der Waals surface area contributed by atoms with Crippen molar-refractivity contribution in [3.05, 3.63) is 58.6 Å². The maximum atomic E-state index is 12.6. The van der Waals surface area contributed by atoms with Crippen molar-refractivity contribution in [2.75, 3.05) is 22.9 Å². The maximum Gasteiger partial charge on any atom is 0.243 e. The quantitative estimate of drug-likeness (QED) is 0.497. The van der Waals surface area contributed by atoms with Crippen molar-refractivity contribution in [2.24, 2.45) is 0 Å². The zero-order chi connectivity index (χ0) is 20.9. The van der Waals surface area contributed by atoms with Crippen LogP contribution in [0.5, 0.6) is 0 Å². The summed E-state index contributed by atoms with van der Waals surface area (Å²) in [5.74, 6) is 0.336. The zero-order valence-corrected chi connectivity index (χ0v) is 18.8. The second kappa shape index (κ2) is 9.67. The molecule has 0 saturated carbocycles. The van der Waals surface area contributed by atoms with Crippen molar-refractivity contribution in [3.63, 3.8) is 0 Å². The largest absolute Gasteiger partial charge is 0.353 e.